The van der Waals surface area contributed by atoms with Gasteiger partial charge in [-0.3, -0.25) is 0 Å². The van der Waals surface area contributed by atoms with Crippen LogP contribution in [0.15, 0.2) is 59.5 Å². The maximum Gasteiger partial charge on any atom is 0.339 e. The van der Waals surface area contributed by atoms with Gasteiger partial charge in [-0.1, -0.05) is 30.3 Å². The maximum absolute atomic E-state index is 11.8. The fraction of sp³-hybridized carbons (Fsp3) is 0. The molecule has 0 bridgehead atoms. The van der Waals surface area contributed by atoms with Crippen LogP contribution in [0.3, 0.4) is 0 Å². The zero-order chi connectivity index (χ0) is 11.4. The van der Waals surface area contributed by atoms with Crippen LogP contribution in [0.1, 0.15) is 0 Å². The first kappa shape index (κ1) is 10.7. The van der Waals surface area contributed by atoms with Crippen molar-refractivity contribution < 1.29 is 12.6 Å². The van der Waals surface area contributed by atoms with Crippen LogP contribution >= 0.6 is 0 Å². The van der Waals surface area contributed by atoms with Gasteiger partial charge in [0.2, 0.25) is 0 Å². The third-order valence-corrected chi connectivity index (χ3v) is 3.16. The Balaban J connectivity index is 2.29. The number of hydrogen-bond acceptors (Lipinski definition) is 3. The summed E-state index contributed by atoms with van der Waals surface area (Å²) in [5.74, 6) is 0.298. The molecular weight excluding hydrogens is 224 g/mol. The first-order valence-corrected chi connectivity index (χ1v) is 6.05. The molecule has 1 radical (unpaired) electrons. The predicted molar refractivity (Wildman–Crippen MR) is 59.5 cm³/mol. The Hall–Kier alpha value is -1.81. The van der Waals surface area contributed by atoms with Gasteiger partial charge in [-0.15, -0.1) is 0 Å². The second kappa shape index (κ2) is 4.37. The van der Waals surface area contributed by atoms with Gasteiger partial charge in [0.25, 0.3) is 0 Å². The summed E-state index contributed by atoms with van der Waals surface area (Å²) in [5, 5.41) is 0. The molecular formula is C12H9O3S. The van der Waals surface area contributed by atoms with Crippen molar-refractivity contribution in [3.63, 3.8) is 0 Å². The number of para-hydroxylation sites is 1. The normalized spacial score (nSPS) is 11.0. The average molecular weight is 233 g/mol. The maximum atomic E-state index is 11.8. The smallest absolute Gasteiger partial charge is 0.339 e. The molecule has 4 heteroatoms. The molecule has 0 atom stereocenters. The van der Waals surface area contributed by atoms with E-state index in [1.54, 1.807) is 42.5 Å². The van der Waals surface area contributed by atoms with Crippen LogP contribution in [0.25, 0.3) is 0 Å². The first-order chi connectivity index (χ1) is 7.68. The average Bonchev–Trinajstić information content (AvgIpc) is 2.31. The monoisotopic (exact) mass is 233 g/mol. The molecule has 0 amide bonds. The molecule has 16 heavy (non-hydrogen) atoms. The van der Waals surface area contributed by atoms with E-state index in [0.29, 0.717) is 5.75 Å². The number of benzene rings is 2. The van der Waals surface area contributed by atoms with Crippen LogP contribution in [0, 0.1) is 6.07 Å². The summed E-state index contributed by atoms with van der Waals surface area (Å²) in [6.45, 7) is 0. The zero-order valence-corrected chi connectivity index (χ0v) is 9.15. The van der Waals surface area contributed by atoms with Crippen LogP contribution < -0.4 is 4.18 Å². The van der Waals surface area contributed by atoms with Crippen molar-refractivity contribution in [1.29, 1.82) is 0 Å². The summed E-state index contributed by atoms with van der Waals surface area (Å²) in [6, 6.07) is 17.1. The summed E-state index contributed by atoms with van der Waals surface area (Å²) in [4.78, 5) is 0.0962. The highest BCUT2D eigenvalue weighted by molar-refractivity contribution is 7.87. The molecule has 0 N–H and O–H groups in total. The third-order valence-electron chi connectivity index (χ3n) is 1.92. The predicted octanol–water partition coefficient (Wildman–Crippen LogP) is 2.25. The van der Waals surface area contributed by atoms with Crippen LogP contribution in [-0.2, 0) is 10.1 Å². The van der Waals surface area contributed by atoms with E-state index in [0.717, 1.165) is 0 Å². The lowest BCUT2D eigenvalue weighted by Crippen LogP contribution is -2.09. The molecule has 0 spiro atoms. The van der Waals surface area contributed by atoms with Crippen molar-refractivity contribution in [1.82, 2.24) is 0 Å². The fourth-order valence-corrected chi connectivity index (χ4v) is 2.10. The van der Waals surface area contributed by atoms with E-state index in [1.165, 1.54) is 12.1 Å². The molecule has 2 aromatic carbocycles. The van der Waals surface area contributed by atoms with Gasteiger partial charge in [0, 0.05) is 0 Å². The largest absolute Gasteiger partial charge is 0.379 e. The van der Waals surface area contributed by atoms with Gasteiger partial charge >= 0.3 is 10.1 Å². The highest BCUT2D eigenvalue weighted by Crippen LogP contribution is 2.17. The molecule has 0 aliphatic carbocycles. The second-order valence-corrected chi connectivity index (χ2v) is 4.64. The Labute approximate surface area is 94.4 Å². The Kier molecular flexibility index (Phi) is 2.92. The van der Waals surface area contributed by atoms with Crippen molar-refractivity contribution in [2.24, 2.45) is 0 Å². The quantitative estimate of drug-likeness (QED) is 0.764. The van der Waals surface area contributed by atoms with Gasteiger partial charge in [0.15, 0.2) is 0 Å². The molecule has 0 aliphatic heterocycles. The topological polar surface area (TPSA) is 43.4 Å². The van der Waals surface area contributed by atoms with E-state index in [2.05, 4.69) is 6.07 Å². The minimum atomic E-state index is -3.74. The van der Waals surface area contributed by atoms with Gasteiger partial charge in [0.1, 0.15) is 10.6 Å². The summed E-state index contributed by atoms with van der Waals surface area (Å²) in [6.07, 6.45) is 0. The molecule has 81 valence electrons. The third kappa shape index (κ3) is 2.41. The number of hydrogen-bond donors (Lipinski definition) is 0. The molecule has 0 unspecified atom stereocenters. The van der Waals surface area contributed by atoms with Crippen LogP contribution in [-0.4, -0.2) is 8.42 Å². The first-order valence-electron chi connectivity index (χ1n) is 4.64. The summed E-state index contributed by atoms with van der Waals surface area (Å²) in [7, 11) is -3.74. The lowest BCUT2D eigenvalue weighted by Gasteiger charge is -2.05. The Morgan fingerprint density at radius 2 is 1.75 bits per heavy atom. The Morgan fingerprint density at radius 3 is 2.38 bits per heavy atom. The van der Waals surface area contributed by atoms with E-state index in [1.807, 2.05) is 0 Å². The van der Waals surface area contributed by atoms with E-state index >= 15 is 0 Å². The molecule has 0 saturated heterocycles. The molecule has 0 aromatic heterocycles. The van der Waals surface area contributed by atoms with Gasteiger partial charge in [-0.2, -0.15) is 8.42 Å². The Morgan fingerprint density at radius 1 is 1.00 bits per heavy atom. The number of rotatable bonds is 3. The van der Waals surface area contributed by atoms with Gasteiger partial charge < -0.3 is 4.18 Å². The van der Waals surface area contributed by atoms with E-state index in [-0.39, 0.29) is 4.90 Å². The van der Waals surface area contributed by atoms with Crippen LogP contribution in [0.5, 0.6) is 5.75 Å². The highest BCUT2D eigenvalue weighted by Gasteiger charge is 2.15. The van der Waals surface area contributed by atoms with Crippen molar-refractivity contribution in [3.05, 3.63) is 60.7 Å². The molecule has 3 nitrogen and oxygen atoms in total. The summed E-state index contributed by atoms with van der Waals surface area (Å²) >= 11 is 0. The molecule has 2 aromatic rings. The summed E-state index contributed by atoms with van der Waals surface area (Å²) in [5.41, 5.74) is 0. The minimum Gasteiger partial charge on any atom is -0.379 e. The van der Waals surface area contributed by atoms with Gasteiger partial charge in [0.05, 0.1) is 0 Å². The standard InChI is InChI=1S/C12H9O3S/c13-16(14,12-9-5-2-6-10-12)15-11-7-3-1-4-8-11/h1-5,7-10H. The molecule has 0 heterocycles. The van der Waals surface area contributed by atoms with E-state index in [4.69, 9.17) is 4.18 Å². The zero-order valence-electron chi connectivity index (χ0n) is 8.33. The lowest BCUT2D eigenvalue weighted by molar-refractivity contribution is 0.486. The van der Waals surface area contributed by atoms with E-state index in [9.17, 15) is 8.42 Å². The van der Waals surface area contributed by atoms with Gasteiger partial charge in [-0.25, -0.2) is 0 Å². The van der Waals surface area contributed by atoms with Crippen LogP contribution in [0.2, 0.25) is 0 Å². The molecule has 0 aliphatic rings. The second-order valence-electron chi connectivity index (χ2n) is 3.09. The van der Waals surface area contributed by atoms with Crippen molar-refractivity contribution in [2.75, 3.05) is 0 Å². The fourth-order valence-electron chi connectivity index (χ4n) is 1.18. The van der Waals surface area contributed by atoms with E-state index < -0.39 is 10.1 Å². The minimum absolute atomic E-state index is 0.0962. The molecule has 0 fully saturated rings. The molecule has 2 rings (SSSR count). The van der Waals surface area contributed by atoms with Crippen molar-refractivity contribution in [3.8, 4) is 5.75 Å². The molecule has 0 saturated carbocycles. The SMILES string of the molecule is O=S(=O)(Oc1ccccc1)c1c[c]ccc1. The van der Waals surface area contributed by atoms with Crippen molar-refractivity contribution >= 4 is 10.1 Å². The lowest BCUT2D eigenvalue weighted by atomic mass is 10.3. The Bertz CT molecular complexity index is 547. The van der Waals surface area contributed by atoms with Crippen molar-refractivity contribution in [2.45, 2.75) is 4.90 Å². The van der Waals surface area contributed by atoms with Crippen LogP contribution in [0.4, 0.5) is 0 Å². The highest BCUT2D eigenvalue weighted by atomic mass is 32.2. The summed E-state index contributed by atoms with van der Waals surface area (Å²) < 4.78 is 28.5. The van der Waals surface area contributed by atoms with Gasteiger partial charge in [-0.05, 0) is 30.3 Å².